The highest BCUT2D eigenvalue weighted by molar-refractivity contribution is 5.55. The van der Waals surface area contributed by atoms with E-state index in [-0.39, 0.29) is 0 Å². The minimum atomic E-state index is 0.456. The van der Waals surface area contributed by atoms with Crippen LogP contribution in [0.15, 0.2) is 24.3 Å². The lowest BCUT2D eigenvalue weighted by Crippen LogP contribution is -2.36. The summed E-state index contributed by atoms with van der Waals surface area (Å²) in [6, 6.07) is 8.69. The van der Waals surface area contributed by atoms with Crippen molar-refractivity contribution in [3.05, 3.63) is 24.3 Å². The smallest absolute Gasteiger partial charge is 0.0771 e. The number of hydrogen-bond acceptors (Lipinski definition) is 3. The number of fused-ring (bicyclic) bond motifs is 2. The van der Waals surface area contributed by atoms with Crippen molar-refractivity contribution in [2.24, 2.45) is 0 Å². The molecule has 2 heterocycles. The molecule has 2 saturated heterocycles. The summed E-state index contributed by atoms with van der Waals surface area (Å²) < 4.78 is 5.56. The van der Waals surface area contributed by atoms with Gasteiger partial charge in [0.1, 0.15) is 0 Å². The highest BCUT2D eigenvalue weighted by atomic mass is 16.5. The third kappa shape index (κ3) is 1.16. The maximum absolute atomic E-state index is 5.66. The van der Waals surface area contributed by atoms with Gasteiger partial charge in [-0.25, -0.2) is 0 Å². The molecule has 0 radical (unpaired) electrons. The first-order chi connectivity index (χ1) is 6.83. The summed E-state index contributed by atoms with van der Waals surface area (Å²) in [5.74, 6) is 0. The summed E-state index contributed by atoms with van der Waals surface area (Å²) >= 11 is 0. The van der Waals surface area contributed by atoms with Crippen molar-refractivity contribution < 1.29 is 4.74 Å². The average molecular weight is 190 g/mol. The first-order valence-electron chi connectivity index (χ1n) is 5.07. The van der Waals surface area contributed by atoms with Crippen molar-refractivity contribution in [2.45, 2.75) is 18.6 Å². The van der Waals surface area contributed by atoms with Gasteiger partial charge < -0.3 is 15.4 Å². The Labute approximate surface area is 83.5 Å². The fraction of sp³-hybridized carbons (Fsp3) is 0.455. The molecule has 3 rings (SSSR count). The van der Waals surface area contributed by atoms with Gasteiger partial charge in [0.2, 0.25) is 0 Å². The van der Waals surface area contributed by atoms with Crippen molar-refractivity contribution in [3.63, 3.8) is 0 Å². The van der Waals surface area contributed by atoms with Crippen LogP contribution in [0.25, 0.3) is 0 Å². The quantitative estimate of drug-likeness (QED) is 0.677. The van der Waals surface area contributed by atoms with Crippen LogP contribution in [0.1, 0.15) is 6.42 Å². The lowest BCUT2D eigenvalue weighted by atomic mass is 10.2. The molecule has 0 amide bonds. The van der Waals surface area contributed by atoms with Gasteiger partial charge in [0, 0.05) is 17.9 Å². The van der Waals surface area contributed by atoms with Gasteiger partial charge in [-0.05, 0) is 30.7 Å². The number of anilines is 2. The summed E-state index contributed by atoms with van der Waals surface area (Å²) in [5, 5.41) is 0. The van der Waals surface area contributed by atoms with E-state index >= 15 is 0 Å². The van der Waals surface area contributed by atoms with Crippen molar-refractivity contribution >= 4 is 11.4 Å². The van der Waals surface area contributed by atoms with Crippen LogP contribution in [-0.2, 0) is 4.74 Å². The molecule has 0 aromatic heterocycles. The number of ether oxygens (including phenoxy) is 1. The Morgan fingerprint density at radius 2 is 2.07 bits per heavy atom. The van der Waals surface area contributed by atoms with E-state index < -0.39 is 0 Å². The van der Waals surface area contributed by atoms with Crippen molar-refractivity contribution in [1.29, 1.82) is 0 Å². The molecule has 14 heavy (non-hydrogen) atoms. The molecule has 2 aliphatic rings. The van der Waals surface area contributed by atoms with E-state index in [2.05, 4.69) is 17.0 Å². The predicted octanol–water partition coefficient (Wildman–Crippen LogP) is 1.25. The Morgan fingerprint density at radius 1 is 1.29 bits per heavy atom. The minimum Gasteiger partial charge on any atom is -0.399 e. The molecule has 2 bridgehead atoms. The van der Waals surface area contributed by atoms with Crippen molar-refractivity contribution in [2.75, 3.05) is 23.8 Å². The average Bonchev–Trinajstić information content (AvgIpc) is 2.80. The van der Waals surface area contributed by atoms with Crippen LogP contribution in [0.4, 0.5) is 11.4 Å². The molecule has 0 unspecified atom stereocenters. The molecule has 74 valence electrons. The molecule has 3 heteroatoms. The highest BCUT2D eigenvalue weighted by Crippen LogP contribution is 2.32. The van der Waals surface area contributed by atoms with Crippen LogP contribution >= 0.6 is 0 Å². The molecule has 2 N–H and O–H groups in total. The van der Waals surface area contributed by atoms with E-state index in [0.717, 1.165) is 18.8 Å². The first-order valence-corrected chi connectivity index (χ1v) is 5.07. The van der Waals surface area contributed by atoms with Gasteiger partial charge in [0.05, 0.1) is 18.8 Å². The lowest BCUT2D eigenvalue weighted by molar-refractivity contribution is 0.0991. The second kappa shape index (κ2) is 2.89. The SMILES string of the molecule is Nc1ccc(N2C[C@H]3C[C@H]2CO3)cc1. The zero-order valence-electron chi connectivity index (χ0n) is 8.02. The van der Waals surface area contributed by atoms with Gasteiger partial charge in [0.15, 0.2) is 0 Å². The summed E-state index contributed by atoms with van der Waals surface area (Å²) in [6.45, 7) is 1.92. The van der Waals surface area contributed by atoms with Crippen LogP contribution in [0, 0.1) is 0 Å². The van der Waals surface area contributed by atoms with Crippen LogP contribution in [0.2, 0.25) is 0 Å². The van der Waals surface area contributed by atoms with Crippen LogP contribution in [0.3, 0.4) is 0 Å². The number of nitrogens with two attached hydrogens (primary N) is 1. The van der Waals surface area contributed by atoms with Gasteiger partial charge in [-0.3, -0.25) is 0 Å². The zero-order valence-corrected chi connectivity index (χ0v) is 8.02. The first kappa shape index (κ1) is 8.12. The largest absolute Gasteiger partial charge is 0.399 e. The maximum Gasteiger partial charge on any atom is 0.0771 e. The minimum absolute atomic E-state index is 0.456. The number of rotatable bonds is 1. The number of nitrogen functional groups attached to an aromatic ring is 1. The van der Waals surface area contributed by atoms with Gasteiger partial charge >= 0.3 is 0 Å². The summed E-state index contributed by atoms with van der Waals surface area (Å²) in [5.41, 5.74) is 7.76. The maximum atomic E-state index is 5.66. The fourth-order valence-electron chi connectivity index (χ4n) is 2.38. The van der Waals surface area contributed by atoms with E-state index in [1.165, 1.54) is 12.1 Å². The van der Waals surface area contributed by atoms with E-state index in [9.17, 15) is 0 Å². The summed E-state index contributed by atoms with van der Waals surface area (Å²) in [6.07, 6.45) is 1.64. The standard InChI is InChI=1S/C11H14N2O/c12-8-1-3-9(4-2-8)13-6-11-5-10(13)7-14-11/h1-4,10-11H,5-7,12H2/t10-,11+/m0/s1. The molecule has 2 atom stereocenters. The lowest BCUT2D eigenvalue weighted by Gasteiger charge is -2.28. The van der Waals surface area contributed by atoms with Crippen molar-refractivity contribution in [1.82, 2.24) is 0 Å². The number of hydrogen-bond donors (Lipinski definition) is 1. The van der Waals surface area contributed by atoms with E-state index in [1.807, 2.05) is 12.1 Å². The molecule has 3 nitrogen and oxygen atoms in total. The topological polar surface area (TPSA) is 38.5 Å². The Hall–Kier alpha value is -1.22. The summed E-state index contributed by atoms with van der Waals surface area (Å²) in [4.78, 5) is 2.42. The molecule has 0 aliphatic carbocycles. The Bertz CT molecular complexity index is 336. The number of benzene rings is 1. The zero-order chi connectivity index (χ0) is 9.54. The number of morpholine rings is 1. The monoisotopic (exact) mass is 190 g/mol. The van der Waals surface area contributed by atoms with Crippen molar-refractivity contribution in [3.8, 4) is 0 Å². The Morgan fingerprint density at radius 3 is 2.64 bits per heavy atom. The van der Waals surface area contributed by atoms with Gasteiger partial charge in [-0.2, -0.15) is 0 Å². The molecular weight excluding hydrogens is 176 g/mol. The molecular formula is C11H14N2O. The van der Waals surface area contributed by atoms with E-state index in [4.69, 9.17) is 10.5 Å². The van der Waals surface area contributed by atoms with Crippen LogP contribution < -0.4 is 10.6 Å². The second-order valence-electron chi connectivity index (χ2n) is 4.09. The van der Waals surface area contributed by atoms with E-state index in [0.29, 0.717) is 12.1 Å². The van der Waals surface area contributed by atoms with Crippen LogP contribution in [0.5, 0.6) is 0 Å². The second-order valence-corrected chi connectivity index (χ2v) is 4.09. The third-order valence-electron chi connectivity index (χ3n) is 3.13. The van der Waals surface area contributed by atoms with Gasteiger partial charge in [0.25, 0.3) is 0 Å². The Kier molecular flexibility index (Phi) is 1.67. The molecule has 1 aromatic carbocycles. The molecule has 1 aromatic rings. The Balaban J connectivity index is 1.86. The van der Waals surface area contributed by atoms with Crippen LogP contribution in [-0.4, -0.2) is 25.3 Å². The fourth-order valence-corrected chi connectivity index (χ4v) is 2.38. The molecule has 2 aliphatic heterocycles. The molecule has 0 saturated carbocycles. The van der Waals surface area contributed by atoms with Gasteiger partial charge in [-0.1, -0.05) is 0 Å². The predicted molar refractivity (Wildman–Crippen MR) is 56.3 cm³/mol. The van der Waals surface area contributed by atoms with E-state index in [1.54, 1.807) is 0 Å². The highest BCUT2D eigenvalue weighted by Gasteiger charge is 2.38. The normalized spacial score (nSPS) is 29.9. The molecule has 2 fully saturated rings. The number of nitrogens with zero attached hydrogens (tertiary/aromatic N) is 1. The van der Waals surface area contributed by atoms with Gasteiger partial charge in [-0.15, -0.1) is 0 Å². The third-order valence-corrected chi connectivity index (χ3v) is 3.13. The summed E-state index contributed by atoms with van der Waals surface area (Å²) in [7, 11) is 0. The molecule has 0 spiro atoms.